The van der Waals surface area contributed by atoms with Gasteiger partial charge >= 0.3 is 0 Å². The average molecular weight is 431 g/mol. The number of allylic oxidation sites excluding steroid dienone is 1. The zero-order valence-corrected chi connectivity index (χ0v) is 18.0. The standard InChI is InChI=1S/C18H16N4O3S2.C2H6/c1-25-14-5-3-2-4-11(14)12-8-15(23)21-17(13(12)9-19)27-10-16(24)22-18-20-6-7-26-18;1-2/h2-7,12H,8,10H2,1H3,(H,21,23)(H,20,22,24);1-2H3. The Labute approximate surface area is 178 Å². The summed E-state index contributed by atoms with van der Waals surface area (Å²) in [6, 6.07) is 9.51. The Morgan fingerprint density at radius 2 is 2.21 bits per heavy atom. The lowest BCUT2D eigenvalue weighted by Gasteiger charge is -2.26. The van der Waals surface area contributed by atoms with Crippen LogP contribution in [0.2, 0.25) is 0 Å². The number of para-hydroxylation sites is 1. The lowest BCUT2D eigenvalue weighted by atomic mass is 9.86. The fraction of sp³-hybridized carbons (Fsp3) is 0.300. The van der Waals surface area contributed by atoms with Crippen molar-refractivity contribution in [3.8, 4) is 11.8 Å². The first-order valence-corrected chi connectivity index (χ1v) is 10.9. The molecule has 2 N–H and O–H groups in total. The highest BCUT2D eigenvalue weighted by Gasteiger charge is 2.31. The fourth-order valence-corrected chi connectivity index (χ4v) is 4.15. The van der Waals surface area contributed by atoms with E-state index in [1.54, 1.807) is 24.8 Å². The number of hydrogen-bond acceptors (Lipinski definition) is 7. The molecule has 0 fully saturated rings. The third-order valence-corrected chi connectivity index (χ3v) is 5.60. The van der Waals surface area contributed by atoms with Gasteiger partial charge in [-0.1, -0.05) is 43.8 Å². The van der Waals surface area contributed by atoms with Gasteiger partial charge in [0.1, 0.15) is 5.75 Å². The van der Waals surface area contributed by atoms with Crippen LogP contribution in [0.25, 0.3) is 0 Å². The van der Waals surface area contributed by atoms with Gasteiger partial charge in [0.25, 0.3) is 0 Å². The van der Waals surface area contributed by atoms with Crippen molar-refractivity contribution >= 4 is 40.0 Å². The maximum Gasteiger partial charge on any atom is 0.236 e. The molecule has 9 heteroatoms. The molecule has 0 saturated heterocycles. The summed E-state index contributed by atoms with van der Waals surface area (Å²) in [6.45, 7) is 4.00. The van der Waals surface area contributed by atoms with E-state index in [4.69, 9.17) is 4.74 Å². The molecule has 1 aliphatic heterocycles. The normalized spacial score (nSPS) is 15.5. The van der Waals surface area contributed by atoms with E-state index >= 15 is 0 Å². The Morgan fingerprint density at radius 1 is 1.45 bits per heavy atom. The summed E-state index contributed by atoms with van der Waals surface area (Å²) < 4.78 is 5.38. The van der Waals surface area contributed by atoms with Crippen molar-refractivity contribution in [2.45, 2.75) is 26.2 Å². The summed E-state index contributed by atoms with van der Waals surface area (Å²) in [7, 11) is 1.55. The molecule has 29 heavy (non-hydrogen) atoms. The second-order valence-electron chi connectivity index (χ2n) is 5.58. The van der Waals surface area contributed by atoms with E-state index < -0.39 is 5.92 Å². The fourth-order valence-electron chi connectivity index (χ4n) is 2.73. The number of carbonyl (C=O) groups excluding carboxylic acids is 2. The van der Waals surface area contributed by atoms with Gasteiger partial charge in [-0.2, -0.15) is 5.26 Å². The van der Waals surface area contributed by atoms with E-state index in [0.717, 1.165) is 17.3 Å². The van der Waals surface area contributed by atoms with Gasteiger partial charge in [0.05, 0.1) is 29.5 Å². The molecule has 7 nitrogen and oxygen atoms in total. The Bertz CT molecular complexity index is 920. The van der Waals surface area contributed by atoms with Crippen LogP contribution in [-0.4, -0.2) is 29.7 Å². The number of methoxy groups -OCH3 is 1. The second-order valence-corrected chi connectivity index (χ2v) is 7.46. The SMILES string of the molecule is CC.COc1ccccc1C1CC(=O)NC(SCC(=O)Nc2nccs2)=C1C#N. The highest BCUT2D eigenvalue weighted by molar-refractivity contribution is 8.03. The molecule has 1 unspecified atom stereocenters. The van der Waals surface area contributed by atoms with Gasteiger partial charge < -0.3 is 15.4 Å². The zero-order valence-electron chi connectivity index (χ0n) is 16.4. The first kappa shape index (κ1) is 22.5. The number of hydrogen-bond donors (Lipinski definition) is 2. The molecule has 0 spiro atoms. The molecule has 3 rings (SSSR count). The molecule has 0 bridgehead atoms. The van der Waals surface area contributed by atoms with Crippen LogP contribution in [0.5, 0.6) is 5.75 Å². The number of benzene rings is 1. The summed E-state index contributed by atoms with van der Waals surface area (Å²) in [6.07, 6.45) is 1.75. The number of nitrogens with zero attached hydrogens (tertiary/aromatic N) is 2. The largest absolute Gasteiger partial charge is 0.496 e. The van der Waals surface area contributed by atoms with Crippen LogP contribution in [0.3, 0.4) is 0 Å². The van der Waals surface area contributed by atoms with Gasteiger partial charge in [0.15, 0.2) is 5.13 Å². The number of thioether (sulfide) groups is 1. The average Bonchev–Trinajstić information content (AvgIpc) is 3.26. The topological polar surface area (TPSA) is 104 Å². The number of nitriles is 1. The van der Waals surface area contributed by atoms with E-state index in [2.05, 4.69) is 21.7 Å². The molecular weight excluding hydrogens is 408 g/mol. The van der Waals surface area contributed by atoms with Crippen LogP contribution in [0.1, 0.15) is 31.7 Å². The molecule has 2 amide bonds. The summed E-state index contributed by atoms with van der Waals surface area (Å²) in [5, 5.41) is 17.8. The highest BCUT2D eigenvalue weighted by Crippen LogP contribution is 2.39. The van der Waals surface area contributed by atoms with Gasteiger partial charge in [0, 0.05) is 29.5 Å². The van der Waals surface area contributed by atoms with Crippen molar-refractivity contribution in [3.05, 3.63) is 52.0 Å². The molecule has 0 saturated carbocycles. The van der Waals surface area contributed by atoms with Gasteiger partial charge in [-0.05, 0) is 6.07 Å². The van der Waals surface area contributed by atoms with Gasteiger partial charge in [-0.3, -0.25) is 9.59 Å². The van der Waals surface area contributed by atoms with E-state index in [-0.39, 0.29) is 24.0 Å². The molecule has 1 aromatic heterocycles. The molecule has 0 radical (unpaired) electrons. The van der Waals surface area contributed by atoms with Crippen molar-refractivity contribution in [1.29, 1.82) is 5.26 Å². The van der Waals surface area contributed by atoms with Gasteiger partial charge in [0.2, 0.25) is 11.8 Å². The van der Waals surface area contributed by atoms with E-state index in [9.17, 15) is 14.9 Å². The molecule has 1 atom stereocenters. The lowest BCUT2D eigenvalue weighted by Crippen LogP contribution is -2.31. The van der Waals surface area contributed by atoms with Crippen molar-refractivity contribution < 1.29 is 14.3 Å². The van der Waals surface area contributed by atoms with Crippen LogP contribution in [-0.2, 0) is 9.59 Å². The number of ether oxygens (including phenoxy) is 1. The number of aromatic nitrogens is 1. The summed E-state index contributed by atoms with van der Waals surface area (Å²) >= 11 is 2.44. The third-order valence-electron chi connectivity index (χ3n) is 3.90. The Kier molecular flexibility index (Phi) is 8.70. The quantitative estimate of drug-likeness (QED) is 0.720. The van der Waals surface area contributed by atoms with Crippen LogP contribution < -0.4 is 15.4 Å². The van der Waals surface area contributed by atoms with E-state index in [1.165, 1.54) is 11.3 Å². The Balaban J connectivity index is 0.00000145. The predicted octanol–water partition coefficient (Wildman–Crippen LogP) is 3.89. The Morgan fingerprint density at radius 3 is 2.86 bits per heavy atom. The van der Waals surface area contributed by atoms with Gasteiger partial charge in [-0.15, -0.1) is 11.3 Å². The molecule has 1 aliphatic rings. The highest BCUT2D eigenvalue weighted by atomic mass is 32.2. The van der Waals surface area contributed by atoms with Crippen molar-refractivity contribution in [2.24, 2.45) is 0 Å². The molecule has 2 aromatic rings. The predicted molar refractivity (Wildman–Crippen MR) is 116 cm³/mol. The smallest absolute Gasteiger partial charge is 0.236 e. The van der Waals surface area contributed by atoms with Crippen LogP contribution in [0.15, 0.2) is 46.4 Å². The van der Waals surface area contributed by atoms with E-state index in [0.29, 0.717) is 21.5 Å². The molecule has 1 aromatic carbocycles. The Hall–Kier alpha value is -2.83. The minimum atomic E-state index is -0.413. The third kappa shape index (κ3) is 5.82. The van der Waals surface area contributed by atoms with Crippen LogP contribution in [0.4, 0.5) is 5.13 Å². The number of nitrogens with one attached hydrogen (secondary N) is 2. The first-order valence-electron chi connectivity index (χ1n) is 9.01. The summed E-state index contributed by atoms with van der Waals surface area (Å²) in [4.78, 5) is 28.3. The van der Waals surface area contributed by atoms with Crippen molar-refractivity contribution in [1.82, 2.24) is 10.3 Å². The number of anilines is 1. The number of rotatable bonds is 6. The van der Waals surface area contributed by atoms with Crippen molar-refractivity contribution in [3.63, 3.8) is 0 Å². The monoisotopic (exact) mass is 430 g/mol. The van der Waals surface area contributed by atoms with E-state index in [1.807, 2.05) is 32.0 Å². The molecule has 152 valence electrons. The number of carbonyl (C=O) groups is 2. The maximum absolute atomic E-state index is 12.2. The second kappa shape index (κ2) is 11.2. The van der Waals surface area contributed by atoms with Gasteiger partial charge in [-0.25, -0.2) is 4.98 Å². The zero-order chi connectivity index (χ0) is 21.2. The summed E-state index contributed by atoms with van der Waals surface area (Å²) in [5.74, 6) is -0.194. The molecule has 2 heterocycles. The maximum atomic E-state index is 12.2. The first-order chi connectivity index (χ1) is 14.1. The molecular formula is C20H22N4O3S2. The number of thiazole rings is 1. The lowest BCUT2D eigenvalue weighted by molar-refractivity contribution is -0.121. The van der Waals surface area contributed by atoms with Crippen molar-refractivity contribution in [2.75, 3.05) is 18.2 Å². The molecule has 0 aliphatic carbocycles. The van der Waals surface area contributed by atoms with Crippen LogP contribution >= 0.6 is 23.1 Å². The summed E-state index contributed by atoms with van der Waals surface area (Å²) in [5.41, 5.74) is 1.20. The van der Waals surface area contributed by atoms with Crippen LogP contribution in [0, 0.1) is 11.3 Å². The number of amides is 2. The minimum Gasteiger partial charge on any atom is -0.496 e. The minimum absolute atomic E-state index is 0.0546.